The number of amides is 1. The van der Waals surface area contributed by atoms with Gasteiger partial charge in [-0.2, -0.15) is 5.21 Å². The van der Waals surface area contributed by atoms with Crippen LogP contribution < -0.4 is 15.0 Å². The minimum Gasteiger partial charge on any atom is -0.492 e. The van der Waals surface area contributed by atoms with Crippen molar-refractivity contribution in [3.05, 3.63) is 102 Å². The maximum Gasteiger partial charge on any atom is 0.355 e. The summed E-state index contributed by atoms with van der Waals surface area (Å²) < 4.78 is 3.09. The van der Waals surface area contributed by atoms with Crippen LogP contribution in [-0.4, -0.2) is 79.0 Å². The van der Waals surface area contributed by atoms with Crippen molar-refractivity contribution < 1.29 is 44.5 Å². The normalized spacial score (nSPS) is 11.8. The lowest BCUT2D eigenvalue weighted by atomic mass is 10.1. The van der Waals surface area contributed by atoms with Gasteiger partial charge in [-0.1, -0.05) is 30.3 Å². The summed E-state index contributed by atoms with van der Waals surface area (Å²) in [5, 5.41) is 58.2. The Morgan fingerprint density at radius 1 is 0.765 bits per heavy atom. The van der Waals surface area contributed by atoms with E-state index in [9.17, 15) is 34.8 Å². The largest absolute Gasteiger partial charge is 0.492 e. The van der Waals surface area contributed by atoms with Crippen molar-refractivity contribution in [1.82, 2.24) is 40.0 Å². The first-order valence-corrected chi connectivity index (χ1v) is 15.4. The molecule has 0 aliphatic heterocycles. The Morgan fingerprint density at radius 3 is 2.08 bits per heavy atom. The van der Waals surface area contributed by atoms with Gasteiger partial charge < -0.3 is 40.0 Å². The summed E-state index contributed by atoms with van der Waals surface area (Å²) in [6.07, 6.45) is -0.829. The molecule has 17 nitrogen and oxygen atoms in total. The molecule has 0 unspecified atom stereocenters. The number of carbonyl (C=O) groups is 3. The maximum atomic E-state index is 13.4. The van der Waals surface area contributed by atoms with Crippen molar-refractivity contribution in [2.45, 2.75) is 25.4 Å². The highest BCUT2D eigenvalue weighted by Crippen LogP contribution is 2.32. The van der Waals surface area contributed by atoms with Gasteiger partial charge in [0.1, 0.15) is 6.04 Å². The summed E-state index contributed by atoms with van der Waals surface area (Å²) in [6.45, 7) is 0.473. The first kappa shape index (κ1) is 32.3. The van der Waals surface area contributed by atoms with Gasteiger partial charge in [-0.3, -0.25) is 4.79 Å². The Morgan fingerprint density at radius 2 is 1.41 bits per heavy atom. The fraction of sp³-hybridized carbons (Fsp3) is 0.118. The average Bonchev–Trinajstić information content (AvgIpc) is 3.93. The summed E-state index contributed by atoms with van der Waals surface area (Å²) in [5.74, 6) is -4.53. The van der Waals surface area contributed by atoms with Gasteiger partial charge in [0, 0.05) is 63.7 Å². The first-order chi connectivity index (χ1) is 24.7. The van der Waals surface area contributed by atoms with Crippen LogP contribution in [-0.2, 0) is 16.1 Å². The molecule has 4 aromatic heterocycles. The number of aromatic nitrogens is 7. The maximum absolute atomic E-state index is 13.4. The molecular weight excluding hydrogens is 664 g/mol. The molecule has 17 heteroatoms. The average molecular weight is 693 g/mol. The molecule has 7 rings (SSSR count). The second kappa shape index (κ2) is 13.3. The van der Waals surface area contributed by atoms with E-state index in [4.69, 9.17) is 9.68 Å². The Bertz CT molecular complexity index is 2360. The van der Waals surface area contributed by atoms with Crippen LogP contribution in [0.3, 0.4) is 0 Å². The highest BCUT2D eigenvalue weighted by atomic mass is 16.7. The zero-order chi connectivity index (χ0) is 35.6. The lowest BCUT2D eigenvalue weighted by Gasteiger charge is -2.18. The van der Waals surface area contributed by atoms with Crippen LogP contribution in [0.25, 0.3) is 33.2 Å². The minimum absolute atomic E-state index is 0.194. The van der Waals surface area contributed by atoms with E-state index in [1.54, 1.807) is 24.3 Å². The van der Waals surface area contributed by atoms with Crippen LogP contribution in [0.2, 0.25) is 0 Å². The number of hydrogen-bond acceptors (Lipinski definition) is 12. The molecule has 1 amide bonds. The van der Waals surface area contributed by atoms with Gasteiger partial charge in [0.25, 0.3) is 5.91 Å². The van der Waals surface area contributed by atoms with Crippen LogP contribution in [0.15, 0.2) is 91.0 Å². The topological polar surface area (TPSA) is 232 Å². The number of benzene rings is 3. The number of nitrogens with zero attached hydrogens (tertiary/aromatic N) is 6. The van der Waals surface area contributed by atoms with E-state index in [1.807, 2.05) is 42.5 Å². The molecule has 3 aromatic carbocycles. The van der Waals surface area contributed by atoms with Crippen molar-refractivity contribution in [1.29, 1.82) is 0 Å². The first-order valence-electron chi connectivity index (χ1n) is 15.4. The van der Waals surface area contributed by atoms with E-state index < -0.39 is 53.8 Å². The van der Waals surface area contributed by atoms with Crippen molar-refractivity contribution in [3.63, 3.8) is 0 Å². The van der Waals surface area contributed by atoms with E-state index in [-0.39, 0.29) is 12.0 Å². The summed E-state index contributed by atoms with van der Waals surface area (Å²) >= 11 is 0. The second-order valence-electron chi connectivity index (χ2n) is 11.4. The molecule has 0 radical (unpaired) electrons. The predicted molar refractivity (Wildman–Crippen MR) is 177 cm³/mol. The summed E-state index contributed by atoms with van der Waals surface area (Å²) in [6, 6.07) is 23.5. The number of tetrazole rings is 1. The van der Waals surface area contributed by atoms with Gasteiger partial charge in [-0.15, -0.1) is 19.7 Å². The van der Waals surface area contributed by atoms with Gasteiger partial charge in [-0.25, -0.2) is 9.59 Å². The molecule has 258 valence electrons. The minimum atomic E-state index is -1.47. The molecule has 0 bridgehead atoms. The molecule has 0 aliphatic rings. The third-order valence-corrected chi connectivity index (χ3v) is 8.13. The number of fused-ring (bicyclic) bond motifs is 3. The second-order valence-corrected chi connectivity index (χ2v) is 11.4. The number of hydrogen-bond donors (Lipinski definition) is 6. The van der Waals surface area contributed by atoms with E-state index >= 15 is 0 Å². The van der Waals surface area contributed by atoms with Crippen LogP contribution >= 0.6 is 0 Å². The Balaban J connectivity index is 1.08. The lowest BCUT2D eigenvalue weighted by molar-refractivity contribution is -0.149. The van der Waals surface area contributed by atoms with Crippen LogP contribution in [0.5, 0.6) is 23.5 Å². The van der Waals surface area contributed by atoms with Crippen LogP contribution in [0.1, 0.15) is 28.8 Å². The molecule has 6 N–H and O–H groups in total. The quantitative estimate of drug-likeness (QED) is 0.115. The highest BCUT2D eigenvalue weighted by Gasteiger charge is 2.27. The standard InChI is InChI=1S/C34H28N8O9/c43-27-12-13-28(44)41(27)50-31(47)16-10-24(34(49)51-42-29(45)14-15-30(42)46)35-33(48)20-7-5-19(6-8-20)18-40-25-4-2-1-3-22(25)23-17-21(9-11-26(23)40)32-36-38-39-37-32/h1-9,11-15,17,24,43-46H,10,16,18H2,(H,35,48)(H,36,37,38,39)/t24-/m0/s1. The fourth-order valence-electron chi connectivity index (χ4n) is 5.64. The van der Waals surface area contributed by atoms with E-state index in [0.717, 1.165) is 57.2 Å². The smallest absolute Gasteiger partial charge is 0.355 e. The number of nitrogens with one attached hydrogen (secondary N) is 2. The van der Waals surface area contributed by atoms with Gasteiger partial charge >= 0.3 is 11.9 Å². The summed E-state index contributed by atoms with van der Waals surface area (Å²) in [4.78, 5) is 49.0. The van der Waals surface area contributed by atoms with Crippen molar-refractivity contribution in [3.8, 4) is 34.9 Å². The number of rotatable bonds is 11. The number of para-hydroxylation sites is 1. The number of aromatic hydroxyl groups is 4. The Kier molecular flexibility index (Phi) is 8.42. The predicted octanol–water partition coefficient (Wildman–Crippen LogP) is 2.64. The highest BCUT2D eigenvalue weighted by molar-refractivity contribution is 6.09. The zero-order valence-electron chi connectivity index (χ0n) is 26.4. The molecule has 0 fully saturated rings. The Hall–Kier alpha value is -7.30. The number of aromatic amines is 1. The molecule has 4 heterocycles. The van der Waals surface area contributed by atoms with Crippen molar-refractivity contribution in [2.24, 2.45) is 0 Å². The molecule has 51 heavy (non-hydrogen) atoms. The summed E-state index contributed by atoms with van der Waals surface area (Å²) in [5.41, 5.74) is 3.87. The monoisotopic (exact) mass is 692 g/mol. The summed E-state index contributed by atoms with van der Waals surface area (Å²) in [7, 11) is 0. The van der Waals surface area contributed by atoms with Crippen molar-refractivity contribution >= 4 is 39.7 Å². The Labute approximate surface area is 286 Å². The van der Waals surface area contributed by atoms with E-state index in [2.05, 4.69) is 30.5 Å². The fourth-order valence-corrected chi connectivity index (χ4v) is 5.64. The third-order valence-electron chi connectivity index (χ3n) is 8.13. The van der Waals surface area contributed by atoms with Crippen LogP contribution in [0, 0.1) is 0 Å². The third kappa shape index (κ3) is 6.45. The molecule has 0 aliphatic carbocycles. The molecule has 0 saturated carbocycles. The molecule has 0 saturated heterocycles. The van der Waals surface area contributed by atoms with Gasteiger partial charge in [-0.05, 0) is 53.6 Å². The van der Waals surface area contributed by atoms with E-state index in [0.29, 0.717) is 21.8 Å². The van der Waals surface area contributed by atoms with Gasteiger partial charge in [0.15, 0.2) is 0 Å². The molecular formula is C34H28N8O9. The zero-order valence-corrected chi connectivity index (χ0v) is 26.4. The van der Waals surface area contributed by atoms with Crippen LogP contribution in [0.4, 0.5) is 0 Å². The molecule has 0 spiro atoms. The van der Waals surface area contributed by atoms with Gasteiger partial charge in [0.2, 0.25) is 29.3 Å². The van der Waals surface area contributed by atoms with Crippen molar-refractivity contribution in [2.75, 3.05) is 0 Å². The lowest BCUT2D eigenvalue weighted by Crippen LogP contribution is -2.45. The van der Waals surface area contributed by atoms with E-state index in [1.165, 1.54) is 0 Å². The van der Waals surface area contributed by atoms with Gasteiger partial charge in [0.05, 0.1) is 6.42 Å². The molecule has 7 aromatic rings. The SMILES string of the molecule is O=C(CC[C@H](NC(=O)c1ccc(Cn2c3ccccc3c3cc(-c4nn[nH]n4)ccc32)cc1)C(=O)On1c(O)ccc1O)On1c(O)ccc1O. The number of carbonyl (C=O) groups excluding carboxylic acids is 3. The number of H-pyrrole nitrogens is 1. The molecule has 1 atom stereocenters.